The third kappa shape index (κ3) is 4.02. The molecular weight excluding hydrogens is 334 g/mol. The lowest BCUT2D eigenvalue weighted by molar-refractivity contribution is 0.0917. The molecule has 1 aliphatic carbocycles. The number of pyridine rings is 1. The summed E-state index contributed by atoms with van der Waals surface area (Å²) >= 11 is 6.16. The van der Waals surface area contributed by atoms with Crippen molar-refractivity contribution in [1.82, 2.24) is 10.3 Å². The van der Waals surface area contributed by atoms with Gasteiger partial charge in [-0.1, -0.05) is 23.7 Å². The van der Waals surface area contributed by atoms with Gasteiger partial charge in [0.05, 0.1) is 5.56 Å². The Morgan fingerprint density at radius 1 is 1.32 bits per heavy atom. The third-order valence-electron chi connectivity index (χ3n) is 5.24. The summed E-state index contributed by atoms with van der Waals surface area (Å²) in [5.41, 5.74) is 8.90. The number of benzene rings is 1. The first-order valence-corrected chi connectivity index (χ1v) is 9.09. The number of nitrogens with zero attached hydrogens (tertiary/aromatic N) is 1. The van der Waals surface area contributed by atoms with Crippen LogP contribution in [0.25, 0.3) is 0 Å². The van der Waals surface area contributed by atoms with Crippen LogP contribution < -0.4 is 11.1 Å². The summed E-state index contributed by atoms with van der Waals surface area (Å²) in [6.07, 6.45) is 7.07. The zero-order chi connectivity index (χ0) is 17.9. The number of aryl methyl sites for hydroxylation is 1. The number of rotatable bonds is 4. The van der Waals surface area contributed by atoms with Crippen LogP contribution in [0.4, 0.5) is 0 Å². The molecule has 0 atom stereocenters. The summed E-state index contributed by atoms with van der Waals surface area (Å²) < 4.78 is 0. The van der Waals surface area contributed by atoms with Crippen molar-refractivity contribution in [3.63, 3.8) is 0 Å². The minimum Gasteiger partial charge on any atom is -0.349 e. The van der Waals surface area contributed by atoms with E-state index in [4.69, 9.17) is 17.3 Å². The molecule has 1 aromatic heterocycles. The molecule has 1 heterocycles. The number of carbonyl (C=O) groups excluding carboxylic acids is 1. The number of halogens is 1. The molecule has 0 bridgehead atoms. The van der Waals surface area contributed by atoms with Gasteiger partial charge in [0, 0.05) is 35.4 Å². The molecule has 3 rings (SSSR count). The van der Waals surface area contributed by atoms with E-state index in [1.54, 1.807) is 12.4 Å². The summed E-state index contributed by atoms with van der Waals surface area (Å²) in [5.74, 6) is -0.0517. The van der Waals surface area contributed by atoms with Gasteiger partial charge in [0.2, 0.25) is 0 Å². The average molecular weight is 358 g/mol. The Bertz CT molecular complexity index is 754. The summed E-state index contributed by atoms with van der Waals surface area (Å²) in [4.78, 5) is 16.5. The van der Waals surface area contributed by atoms with Crippen molar-refractivity contribution in [3.8, 4) is 0 Å². The van der Waals surface area contributed by atoms with Crippen LogP contribution in [-0.2, 0) is 5.41 Å². The first-order valence-electron chi connectivity index (χ1n) is 8.71. The van der Waals surface area contributed by atoms with E-state index in [9.17, 15) is 4.79 Å². The van der Waals surface area contributed by atoms with Crippen LogP contribution in [-0.4, -0.2) is 23.5 Å². The Hall–Kier alpha value is -1.91. The quantitative estimate of drug-likeness (QED) is 0.878. The molecule has 2 aromatic rings. The SMILES string of the molecule is Cc1cncc(C(=O)NC2CCC(CN)(c3cccc(Cl)c3)CC2)c1. The van der Waals surface area contributed by atoms with Crippen molar-refractivity contribution in [2.75, 3.05) is 6.54 Å². The highest BCUT2D eigenvalue weighted by molar-refractivity contribution is 6.30. The van der Waals surface area contributed by atoms with Crippen LogP contribution in [0.15, 0.2) is 42.7 Å². The number of hydrogen-bond acceptors (Lipinski definition) is 3. The van der Waals surface area contributed by atoms with E-state index in [1.807, 2.05) is 31.2 Å². The fourth-order valence-electron chi connectivity index (χ4n) is 3.69. The zero-order valence-corrected chi connectivity index (χ0v) is 15.2. The highest BCUT2D eigenvalue weighted by Gasteiger charge is 2.36. The lowest BCUT2D eigenvalue weighted by Crippen LogP contribution is -2.45. The van der Waals surface area contributed by atoms with E-state index in [2.05, 4.69) is 16.4 Å². The molecule has 5 heteroatoms. The van der Waals surface area contributed by atoms with Crippen molar-refractivity contribution in [3.05, 3.63) is 64.4 Å². The molecule has 1 fully saturated rings. The van der Waals surface area contributed by atoms with E-state index < -0.39 is 0 Å². The molecule has 0 saturated heterocycles. The Labute approximate surface area is 153 Å². The highest BCUT2D eigenvalue weighted by Crippen LogP contribution is 2.39. The molecule has 132 valence electrons. The molecule has 4 nitrogen and oxygen atoms in total. The largest absolute Gasteiger partial charge is 0.349 e. The van der Waals surface area contributed by atoms with E-state index in [-0.39, 0.29) is 17.4 Å². The molecular formula is C20H24ClN3O. The lowest BCUT2D eigenvalue weighted by Gasteiger charge is -2.40. The van der Waals surface area contributed by atoms with Gasteiger partial charge in [-0.25, -0.2) is 0 Å². The van der Waals surface area contributed by atoms with E-state index >= 15 is 0 Å². The number of nitrogens with one attached hydrogen (secondary N) is 1. The third-order valence-corrected chi connectivity index (χ3v) is 5.48. The predicted molar refractivity (Wildman–Crippen MR) is 101 cm³/mol. The van der Waals surface area contributed by atoms with Gasteiger partial charge in [-0.2, -0.15) is 0 Å². The van der Waals surface area contributed by atoms with Gasteiger partial charge in [-0.3, -0.25) is 9.78 Å². The average Bonchev–Trinajstić information content (AvgIpc) is 2.62. The van der Waals surface area contributed by atoms with Gasteiger partial charge in [0.15, 0.2) is 0 Å². The molecule has 0 radical (unpaired) electrons. The minimum atomic E-state index is -0.0517. The number of hydrogen-bond donors (Lipinski definition) is 2. The molecule has 0 unspecified atom stereocenters. The number of aromatic nitrogens is 1. The topological polar surface area (TPSA) is 68.0 Å². The smallest absolute Gasteiger partial charge is 0.253 e. The van der Waals surface area contributed by atoms with Gasteiger partial charge in [0.25, 0.3) is 5.91 Å². The number of nitrogens with two attached hydrogens (primary N) is 1. The van der Waals surface area contributed by atoms with Crippen molar-refractivity contribution < 1.29 is 4.79 Å². The van der Waals surface area contributed by atoms with Gasteiger partial charge >= 0.3 is 0 Å². The van der Waals surface area contributed by atoms with Crippen molar-refractivity contribution >= 4 is 17.5 Å². The van der Waals surface area contributed by atoms with Crippen LogP contribution in [0.2, 0.25) is 5.02 Å². The maximum Gasteiger partial charge on any atom is 0.253 e. The fourth-order valence-corrected chi connectivity index (χ4v) is 3.88. The van der Waals surface area contributed by atoms with Crippen molar-refractivity contribution in [2.45, 2.75) is 44.1 Å². The van der Waals surface area contributed by atoms with Crippen LogP contribution in [0.1, 0.15) is 47.2 Å². The second-order valence-corrected chi connectivity index (χ2v) is 7.43. The minimum absolute atomic E-state index is 0.0446. The molecule has 0 aliphatic heterocycles. The van der Waals surface area contributed by atoms with Crippen LogP contribution in [0.3, 0.4) is 0 Å². The van der Waals surface area contributed by atoms with Gasteiger partial charge < -0.3 is 11.1 Å². The maximum atomic E-state index is 12.4. The van der Waals surface area contributed by atoms with E-state index in [1.165, 1.54) is 5.56 Å². The first-order chi connectivity index (χ1) is 12.0. The van der Waals surface area contributed by atoms with Crippen molar-refractivity contribution in [2.24, 2.45) is 5.73 Å². The Morgan fingerprint density at radius 3 is 2.72 bits per heavy atom. The summed E-state index contributed by atoms with van der Waals surface area (Å²) in [7, 11) is 0. The second-order valence-electron chi connectivity index (χ2n) is 6.99. The first kappa shape index (κ1) is 17.9. The van der Waals surface area contributed by atoms with Crippen LogP contribution >= 0.6 is 11.6 Å². The summed E-state index contributed by atoms with van der Waals surface area (Å²) in [6, 6.07) is 10.0. The number of amides is 1. The maximum absolute atomic E-state index is 12.4. The molecule has 1 amide bonds. The molecule has 1 aromatic carbocycles. The van der Waals surface area contributed by atoms with Gasteiger partial charge in [-0.05, 0) is 61.9 Å². The molecule has 3 N–H and O–H groups in total. The van der Waals surface area contributed by atoms with E-state index in [0.29, 0.717) is 12.1 Å². The van der Waals surface area contributed by atoms with Crippen LogP contribution in [0.5, 0.6) is 0 Å². The molecule has 1 aliphatic rings. The lowest BCUT2D eigenvalue weighted by atomic mass is 9.68. The van der Waals surface area contributed by atoms with E-state index in [0.717, 1.165) is 36.3 Å². The second kappa shape index (κ2) is 7.54. The summed E-state index contributed by atoms with van der Waals surface area (Å²) in [6.45, 7) is 2.53. The monoisotopic (exact) mass is 357 g/mol. The number of carbonyl (C=O) groups is 1. The Morgan fingerprint density at radius 2 is 2.08 bits per heavy atom. The molecule has 1 saturated carbocycles. The predicted octanol–water partition coefficient (Wildman–Crippen LogP) is 3.61. The van der Waals surface area contributed by atoms with Gasteiger partial charge in [0.1, 0.15) is 0 Å². The van der Waals surface area contributed by atoms with Crippen LogP contribution in [0, 0.1) is 6.92 Å². The Balaban J connectivity index is 1.65. The van der Waals surface area contributed by atoms with Crippen molar-refractivity contribution in [1.29, 1.82) is 0 Å². The molecule has 0 spiro atoms. The fraction of sp³-hybridized carbons (Fsp3) is 0.400. The zero-order valence-electron chi connectivity index (χ0n) is 14.5. The van der Waals surface area contributed by atoms with Gasteiger partial charge in [-0.15, -0.1) is 0 Å². The highest BCUT2D eigenvalue weighted by atomic mass is 35.5. The Kier molecular flexibility index (Phi) is 5.40. The normalized spacial score (nSPS) is 23.2. The molecule has 25 heavy (non-hydrogen) atoms. The summed E-state index contributed by atoms with van der Waals surface area (Å²) in [5, 5.41) is 3.88. The standard InChI is InChI=1S/C20H24ClN3O/c1-14-9-15(12-23-11-14)19(25)24-18-5-7-20(13-22,8-6-18)16-3-2-4-17(21)10-16/h2-4,9-12,18H,5-8,13,22H2,1H3,(H,24,25).